The summed E-state index contributed by atoms with van der Waals surface area (Å²) in [5.74, 6) is -0.118. The molecule has 0 bridgehead atoms. The summed E-state index contributed by atoms with van der Waals surface area (Å²) in [6.07, 6.45) is 1.35. The topological polar surface area (TPSA) is 68.3 Å². The molecule has 0 fully saturated rings. The molecule has 0 aliphatic heterocycles. The summed E-state index contributed by atoms with van der Waals surface area (Å²) in [5.41, 5.74) is 0.876. The van der Waals surface area contributed by atoms with Gasteiger partial charge in [0.2, 0.25) is 11.1 Å². The number of furan rings is 1. The van der Waals surface area contributed by atoms with Crippen molar-refractivity contribution < 1.29 is 13.7 Å². The predicted molar refractivity (Wildman–Crippen MR) is 66.9 cm³/mol. The number of nitrogens with zero attached hydrogens (tertiary/aromatic N) is 1. The summed E-state index contributed by atoms with van der Waals surface area (Å²) >= 11 is 5.70. The summed E-state index contributed by atoms with van der Waals surface area (Å²) in [4.78, 5) is 11.8. The number of anilines is 1. The zero-order valence-electron chi connectivity index (χ0n) is 10.3. The van der Waals surface area contributed by atoms with Crippen molar-refractivity contribution in [2.45, 2.75) is 26.2 Å². The van der Waals surface area contributed by atoms with Crippen LogP contribution in [0.1, 0.15) is 36.8 Å². The Balaban J connectivity index is 2.13. The lowest BCUT2D eigenvalue weighted by molar-refractivity contribution is 0.102. The quantitative estimate of drug-likeness (QED) is 0.905. The third-order valence-electron chi connectivity index (χ3n) is 2.38. The molecule has 0 atom stereocenters. The van der Waals surface area contributed by atoms with E-state index >= 15 is 0 Å². The zero-order valence-corrected chi connectivity index (χ0v) is 11.0. The first-order chi connectivity index (χ1) is 8.38. The van der Waals surface area contributed by atoms with Gasteiger partial charge < -0.3 is 8.94 Å². The van der Waals surface area contributed by atoms with E-state index in [1.165, 1.54) is 12.3 Å². The van der Waals surface area contributed by atoms with E-state index in [0.29, 0.717) is 0 Å². The van der Waals surface area contributed by atoms with Crippen LogP contribution in [0.4, 0.5) is 5.88 Å². The number of amides is 1. The molecule has 2 rings (SSSR count). The van der Waals surface area contributed by atoms with Gasteiger partial charge in [0.05, 0.1) is 17.5 Å². The molecule has 6 heteroatoms. The number of halogens is 1. The Kier molecular flexibility index (Phi) is 3.17. The molecule has 0 saturated carbocycles. The first kappa shape index (κ1) is 12.7. The highest BCUT2D eigenvalue weighted by Gasteiger charge is 2.21. The van der Waals surface area contributed by atoms with Crippen LogP contribution < -0.4 is 5.32 Å². The highest BCUT2D eigenvalue weighted by molar-refractivity contribution is 6.32. The van der Waals surface area contributed by atoms with Crippen molar-refractivity contribution in [1.82, 2.24) is 5.16 Å². The number of carbonyl (C=O) groups excluding carboxylic acids is 1. The Bertz CT molecular complexity index is 566. The van der Waals surface area contributed by atoms with Crippen LogP contribution in [0.2, 0.25) is 5.22 Å². The fraction of sp³-hybridized carbons (Fsp3) is 0.333. The molecular weight excluding hydrogens is 256 g/mol. The van der Waals surface area contributed by atoms with Gasteiger partial charge in [0.25, 0.3) is 5.91 Å². The Morgan fingerprint density at radius 1 is 1.44 bits per heavy atom. The van der Waals surface area contributed by atoms with E-state index in [9.17, 15) is 4.79 Å². The molecule has 0 radical (unpaired) electrons. The summed E-state index contributed by atoms with van der Waals surface area (Å²) in [7, 11) is 0. The van der Waals surface area contributed by atoms with Crippen molar-refractivity contribution in [3.63, 3.8) is 0 Å². The van der Waals surface area contributed by atoms with Crippen LogP contribution in [0.15, 0.2) is 27.3 Å². The summed E-state index contributed by atoms with van der Waals surface area (Å²) in [5, 5.41) is 6.51. The van der Waals surface area contributed by atoms with E-state index in [-0.39, 0.29) is 22.1 Å². The van der Waals surface area contributed by atoms with Gasteiger partial charge in [0, 0.05) is 11.5 Å². The molecule has 2 aromatic rings. The van der Waals surface area contributed by atoms with Crippen LogP contribution in [0.5, 0.6) is 0 Å². The van der Waals surface area contributed by atoms with Gasteiger partial charge in [-0.05, 0) is 17.7 Å². The minimum Gasteiger partial charge on any atom is -0.452 e. The molecule has 0 aromatic carbocycles. The van der Waals surface area contributed by atoms with E-state index in [1.54, 1.807) is 6.07 Å². The third-order valence-corrected chi connectivity index (χ3v) is 2.67. The van der Waals surface area contributed by atoms with E-state index in [4.69, 9.17) is 20.5 Å². The highest BCUT2D eigenvalue weighted by Crippen LogP contribution is 2.24. The molecular formula is C12H13ClN2O3. The normalized spacial score (nSPS) is 11.6. The largest absolute Gasteiger partial charge is 0.452 e. The lowest BCUT2D eigenvalue weighted by atomic mass is 9.92. The second kappa shape index (κ2) is 4.49. The minimum atomic E-state index is -0.398. The van der Waals surface area contributed by atoms with E-state index < -0.39 is 5.91 Å². The van der Waals surface area contributed by atoms with Gasteiger partial charge in [-0.2, -0.15) is 0 Å². The molecule has 5 nitrogen and oxygen atoms in total. The fourth-order valence-electron chi connectivity index (χ4n) is 1.32. The van der Waals surface area contributed by atoms with Gasteiger partial charge in [0.15, 0.2) is 0 Å². The van der Waals surface area contributed by atoms with E-state index in [0.717, 1.165) is 5.69 Å². The van der Waals surface area contributed by atoms with Gasteiger partial charge in [-0.1, -0.05) is 25.9 Å². The number of hydrogen-bond acceptors (Lipinski definition) is 4. The summed E-state index contributed by atoms with van der Waals surface area (Å²) in [6, 6.07) is 3.17. The predicted octanol–water partition coefficient (Wildman–Crippen LogP) is 3.47. The Hall–Kier alpha value is -1.75. The van der Waals surface area contributed by atoms with Gasteiger partial charge in [-0.15, -0.1) is 0 Å². The van der Waals surface area contributed by atoms with Crippen molar-refractivity contribution in [2.24, 2.45) is 0 Å². The van der Waals surface area contributed by atoms with Crippen LogP contribution in [0.3, 0.4) is 0 Å². The molecule has 0 aliphatic carbocycles. The molecule has 0 aliphatic rings. The molecule has 1 amide bonds. The molecule has 18 heavy (non-hydrogen) atoms. The molecule has 2 heterocycles. The van der Waals surface area contributed by atoms with Crippen molar-refractivity contribution >= 4 is 23.4 Å². The maximum Gasteiger partial charge on any atom is 0.262 e. The summed E-state index contributed by atoms with van der Waals surface area (Å²) in [6.45, 7) is 6.01. The smallest absolute Gasteiger partial charge is 0.262 e. The van der Waals surface area contributed by atoms with Crippen LogP contribution in [-0.4, -0.2) is 11.1 Å². The number of nitrogens with one attached hydrogen (secondary N) is 1. The van der Waals surface area contributed by atoms with Crippen LogP contribution in [0, 0.1) is 0 Å². The molecule has 0 unspecified atom stereocenters. The van der Waals surface area contributed by atoms with Crippen molar-refractivity contribution in [3.05, 3.63) is 34.9 Å². The average Bonchev–Trinajstić information content (AvgIpc) is 2.85. The van der Waals surface area contributed by atoms with Crippen molar-refractivity contribution in [2.75, 3.05) is 5.32 Å². The standard InChI is InChI=1S/C12H13ClN2O3/c1-12(2,3)8-6-9(18-15-8)14-11(16)7-4-5-17-10(7)13/h4-6H,1-3H3,(H,14,16). The zero-order chi connectivity index (χ0) is 13.3. The molecule has 1 N–H and O–H groups in total. The lowest BCUT2D eigenvalue weighted by Crippen LogP contribution is -2.12. The maximum atomic E-state index is 11.8. The van der Waals surface area contributed by atoms with Gasteiger partial charge in [0.1, 0.15) is 0 Å². The summed E-state index contributed by atoms with van der Waals surface area (Å²) < 4.78 is 9.89. The Labute approximate surface area is 109 Å². The molecule has 96 valence electrons. The van der Waals surface area contributed by atoms with Gasteiger partial charge in [-0.3, -0.25) is 10.1 Å². The maximum absolute atomic E-state index is 11.8. The highest BCUT2D eigenvalue weighted by atomic mass is 35.5. The van der Waals surface area contributed by atoms with Crippen molar-refractivity contribution in [1.29, 1.82) is 0 Å². The minimum absolute atomic E-state index is 0.0445. The van der Waals surface area contributed by atoms with Crippen molar-refractivity contribution in [3.8, 4) is 0 Å². The first-order valence-electron chi connectivity index (χ1n) is 5.39. The second-order valence-corrected chi connectivity index (χ2v) is 5.23. The van der Waals surface area contributed by atoms with Gasteiger partial charge >= 0.3 is 0 Å². The SMILES string of the molecule is CC(C)(C)c1cc(NC(=O)c2ccoc2Cl)on1. The van der Waals surface area contributed by atoms with Crippen LogP contribution in [0.25, 0.3) is 0 Å². The average molecular weight is 269 g/mol. The lowest BCUT2D eigenvalue weighted by Gasteiger charge is -2.12. The van der Waals surface area contributed by atoms with Crippen LogP contribution in [-0.2, 0) is 5.41 Å². The van der Waals surface area contributed by atoms with E-state index in [1.807, 2.05) is 20.8 Å². The molecule has 0 spiro atoms. The van der Waals surface area contributed by atoms with E-state index in [2.05, 4.69) is 10.5 Å². The monoisotopic (exact) mass is 268 g/mol. The molecule has 0 saturated heterocycles. The Morgan fingerprint density at radius 3 is 2.67 bits per heavy atom. The second-order valence-electron chi connectivity index (χ2n) is 4.89. The fourth-order valence-corrected chi connectivity index (χ4v) is 1.52. The number of carbonyl (C=O) groups is 1. The molecule has 2 aromatic heterocycles. The third kappa shape index (κ3) is 2.56. The number of aromatic nitrogens is 1. The van der Waals surface area contributed by atoms with Gasteiger partial charge in [-0.25, -0.2) is 0 Å². The Morgan fingerprint density at radius 2 is 2.17 bits per heavy atom. The van der Waals surface area contributed by atoms with Crippen LogP contribution >= 0.6 is 11.6 Å². The number of rotatable bonds is 2. The number of hydrogen-bond donors (Lipinski definition) is 1. The first-order valence-corrected chi connectivity index (χ1v) is 5.77.